The predicted octanol–water partition coefficient (Wildman–Crippen LogP) is 4.23. The summed E-state index contributed by atoms with van der Waals surface area (Å²) < 4.78 is 16.2. The maximum Gasteiger partial charge on any atom is 0.349 e. The van der Waals surface area contributed by atoms with Crippen molar-refractivity contribution in [2.45, 2.75) is 20.3 Å². The molecule has 3 aromatic rings. The van der Waals surface area contributed by atoms with Gasteiger partial charge >= 0.3 is 5.63 Å². The molecule has 0 aliphatic carbocycles. The summed E-state index contributed by atoms with van der Waals surface area (Å²) in [6.07, 6.45) is 0.882. The third-order valence-electron chi connectivity index (χ3n) is 3.85. The second kappa shape index (κ2) is 8.40. The number of benzene rings is 2. The number of hydrogen-bond donors (Lipinski definition) is 1. The van der Waals surface area contributed by atoms with Crippen molar-refractivity contribution in [3.63, 3.8) is 0 Å². The third-order valence-corrected chi connectivity index (χ3v) is 3.85. The Morgan fingerprint density at radius 3 is 2.44 bits per heavy atom. The minimum absolute atomic E-state index is 0.0568. The highest BCUT2D eigenvalue weighted by Gasteiger charge is 2.14. The highest BCUT2D eigenvalue weighted by molar-refractivity contribution is 6.05. The minimum atomic E-state index is -0.696. The predicted molar refractivity (Wildman–Crippen MR) is 104 cm³/mol. The Bertz CT molecular complexity index is 992. The number of ether oxygens (including phenoxy) is 2. The normalized spacial score (nSPS) is 10.6. The van der Waals surface area contributed by atoms with Crippen molar-refractivity contribution in [2.75, 3.05) is 18.5 Å². The molecule has 6 nitrogen and oxygen atoms in total. The topological polar surface area (TPSA) is 77.8 Å². The smallest absolute Gasteiger partial charge is 0.349 e. The first-order chi connectivity index (χ1) is 13.1. The van der Waals surface area contributed by atoms with Crippen molar-refractivity contribution in [3.8, 4) is 11.5 Å². The van der Waals surface area contributed by atoms with Gasteiger partial charge in [0, 0.05) is 17.1 Å². The van der Waals surface area contributed by atoms with Crippen LogP contribution in [0.15, 0.2) is 57.7 Å². The van der Waals surface area contributed by atoms with Gasteiger partial charge in [0.2, 0.25) is 0 Å². The molecule has 6 heteroatoms. The standard InChI is InChI=1S/C21H21NO5/c1-3-11-26-17-8-5-14-12-18(21(24)27-19(14)13-17)20(23)22-15-6-9-16(10-7-15)25-4-2/h5-10,12-13H,3-4,11H2,1-2H3,(H,22,23). The van der Waals surface area contributed by atoms with Gasteiger partial charge in [-0.15, -0.1) is 0 Å². The molecule has 2 aromatic carbocycles. The van der Waals surface area contributed by atoms with Gasteiger partial charge in [-0.1, -0.05) is 6.92 Å². The number of fused-ring (bicyclic) bond motifs is 1. The zero-order chi connectivity index (χ0) is 19.2. The maximum atomic E-state index is 12.5. The van der Waals surface area contributed by atoms with Crippen LogP contribution < -0.4 is 20.4 Å². The number of carbonyl (C=O) groups excluding carboxylic acids is 1. The molecule has 27 heavy (non-hydrogen) atoms. The molecule has 1 amide bonds. The molecule has 0 fully saturated rings. The molecule has 0 aliphatic rings. The molecule has 0 aliphatic heterocycles. The van der Waals surface area contributed by atoms with Crippen LogP contribution in [-0.4, -0.2) is 19.1 Å². The molecule has 1 N–H and O–H groups in total. The van der Waals surface area contributed by atoms with Gasteiger partial charge in [-0.3, -0.25) is 4.79 Å². The van der Waals surface area contributed by atoms with Crippen molar-refractivity contribution in [2.24, 2.45) is 0 Å². The summed E-state index contributed by atoms with van der Waals surface area (Å²) in [6.45, 7) is 5.05. The van der Waals surface area contributed by atoms with Crippen LogP contribution in [0.2, 0.25) is 0 Å². The molecule has 140 valence electrons. The summed E-state index contributed by atoms with van der Waals surface area (Å²) in [5.74, 6) is 0.807. The van der Waals surface area contributed by atoms with E-state index in [9.17, 15) is 9.59 Å². The summed E-state index contributed by atoms with van der Waals surface area (Å²) in [7, 11) is 0. The van der Waals surface area contributed by atoms with E-state index in [1.807, 2.05) is 13.8 Å². The van der Waals surface area contributed by atoms with E-state index in [0.29, 0.717) is 41.4 Å². The van der Waals surface area contributed by atoms with Gasteiger partial charge in [0.05, 0.1) is 13.2 Å². The van der Waals surface area contributed by atoms with Crippen LogP contribution in [0, 0.1) is 0 Å². The van der Waals surface area contributed by atoms with Gasteiger partial charge in [0.15, 0.2) is 0 Å². The lowest BCUT2D eigenvalue weighted by Crippen LogP contribution is -2.20. The first-order valence-electron chi connectivity index (χ1n) is 8.85. The van der Waals surface area contributed by atoms with E-state index < -0.39 is 11.5 Å². The monoisotopic (exact) mass is 367 g/mol. The molecule has 0 bridgehead atoms. The van der Waals surface area contributed by atoms with Crippen LogP contribution in [0.5, 0.6) is 11.5 Å². The molecule has 0 saturated carbocycles. The third kappa shape index (κ3) is 4.47. The number of carbonyl (C=O) groups is 1. The molecular formula is C21H21NO5. The summed E-state index contributed by atoms with van der Waals surface area (Å²) >= 11 is 0. The fraction of sp³-hybridized carbons (Fsp3) is 0.238. The number of anilines is 1. The Kier molecular flexibility index (Phi) is 5.76. The molecule has 0 atom stereocenters. The van der Waals surface area contributed by atoms with Crippen LogP contribution in [0.4, 0.5) is 5.69 Å². The van der Waals surface area contributed by atoms with Crippen LogP contribution in [0.1, 0.15) is 30.6 Å². The average molecular weight is 367 g/mol. The fourth-order valence-electron chi connectivity index (χ4n) is 2.56. The molecule has 1 aromatic heterocycles. The average Bonchev–Trinajstić information content (AvgIpc) is 2.67. The van der Waals surface area contributed by atoms with Crippen LogP contribution >= 0.6 is 0 Å². The Labute approximate surface area is 156 Å². The van der Waals surface area contributed by atoms with E-state index in [1.54, 1.807) is 42.5 Å². The lowest BCUT2D eigenvalue weighted by molar-refractivity contribution is 0.102. The van der Waals surface area contributed by atoms with E-state index in [0.717, 1.165) is 6.42 Å². The largest absolute Gasteiger partial charge is 0.494 e. The first kappa shape index (κ1) is 18.5. The summed E-state index contributed by atoms with van der Waals surface area (Å²) in [5, 5.41) is 3.34. The van der Waals surface area contributed by atoms with Crippen molar-refractivity contribution in [1.29, 1.82) is 0 Å². The quantitative estimate of drug-likeness (QED) is 0.632. The number of rotatable bonds is 7. The van der Waals surface area contributed by atoms with Gasteiger partial charge in [-0.05, 0) is 55.8 Å². The Balaban J connectivity index is 1.81. The molecule has 0 unspecified atom stereocenters. The van der Waals surface area contributed by atoms with Gasteiger partial charge in [-0.25, -0.2) is 4.79 Å². The van der Waals surface area contributed by atoms with Crippen molar-refractivity contribution in [3.05, 3.63) is 64.5 Å². The number of nitrogens with one attached hydrogen (secondary N) is 1. The van der Waals surface area contributed by atoms with Gasteiger partial charge in [0.1, 0.15) is 22.6 Å². The molecule has 1 heterocycles. The zero-order valence-electron chi connectivity index (χ0n) is 15.3. The van der Waals surface area contributed by atoms with Gasteiger partial charge in [0.25, 0.3) is 5.91 Å². The van der Waals surface area contributed by atoms with E-state index in [2.05, 4.69) is 5.32 Å². The molecule has 0 radical (unpaired) electrons. The van der Waals surface area contributed by atoms with Gasteiger partial charge < -0.3 is 19.2 Å². The minimum Gasteiger partial charge on any atom is -0.494 e. The highest BCUT2D eigenvalue weighted by atomic mass is 16.5. The Morgan fingerprint density at radius 2 is 1.74 bits per heavy atom. The second-order valence-electron chi connectivity index (χ2n) is 5.91. The molecule has 0 saturated heterocycles. The number of amides is 1. The molecule has 3 rings (SSSR count). The van der Waals surface area contributed by atoms with E-state index in [1.165, 1.54) is 6.07 Å². The molecular weight excluding hydrogens is 346 g/mol. The van der Waals surface area contributed by atoms with Crippen LogP contribution in [0.25, 0.3) is 11.0 Å². The van der Waals surface area contributed by atoms with Crippen LogP contribution in [-0.2, 0) is 0 Å². The van der Waals surface area contributed by atoms with Crippen molar-refractivity contribution >= 4 is 22.6 Å². The summed E-state index contributed by atoms with van der Waals surface area (Å²) in [5.41, 5.74) is 0.190. The molecule has 0 spiro atoms. The Hall–Kier alpha value is -3.28. The zero-order valence-corrected chi connectivity index (χ0v) is 15.3. The maximum absolute atomic E-state index is 12.5. The number of hydrogen-bond acceptors (Lipinski definition) is 5. The van der Waals surface area contributed by atoms with Crippen molar-refractivity contribution in [1.82, 2.24) is 0 Å². The lowest BCUT2D eigenvalue weighted by atomic mass is 10.1. The first-order valence-corrected chi connectivity index (χ1v) is 8.85. The fourth-order valence-corrected chi connectivity index (χ4v) is 2.56. The van der Waals surface area contributed by atoms with E-state index in [-0.39, 0.29) is 5.56 Å². The highest BCUT2D eigenvalue weighted by Crippen LogP contribution is 2.21. The summed E-state index contributed by atoms with van der Waals surface area (Å²) in [4.78, 5) is 24.7. The second-order valence-corrected chi connectivity index (χ2v) is 5.91. The van der Waals surface area contributed by atoms with Crippen molar-refractivity contribution < 1.29 is 18.7 Å². The SMILES string of the molecule is CCCOc1ccc2cc(C(=O)Nc3ccc(OCC)cc3)c(=O)oc2c1. The lowest BCUT2D eigenvalue weighted by Gasteiger charge is -2.08. The summed E-state index contributed by atoms with van der Waals surface area (Å²) in [6, 6.07) is 13.6. The van der Waals surface area contributed by atoms with E-state index in [4.69, 9.17) is 13.9 Å². The van der Waals surface area contributed by atoms with E-state index >= 15 is 0 Å². The van der Waals surface area contributed by atoms with Gasteiger partial charge in [-0.2, -0.15) is 0 Å². The van der Waals surface area contributed by atoms with Crippen LogP contribution in [0.3, 0.4) is 0 Å². The Morgan fingerprint density at radius 1 is 1.00 bits per heavy atom.